The number of ether oxygens (including phenoxy) is 4. The Labute approximate surface area is 189 Å². The van der Waals surface area contributed by atoms with Crippen LogP contribution in [0.3, 0.4) is 0 Å². The van der Waals surface area contributed by atoms with Gasteiger partial charge in [-0.25, -0.2) is 4.79 Å². The van der Waals surface area contributed by atoms with Crippen LogP contribution in [0, 0.1) is 11.8 Å². The van der Waals surface area contributed by atoms with Crippen molar-refractivity contribution in [2.24, 2.45) is 11.8 Å². The number of rotatable bonds is 13. The number of aliphatic hydroxyl groups excluding tert-OH is 1. The summed E-state index contributed by atoms with van der Waals surface area (Å²) >= 11 is 0. The van der Waals surface area contributed by atoms with Gasteiger partial charge >= 0.3 is 5.97 Å². The Morgan fingerprint density at radius 2 is 1.66 bits per heavy atom. The quantitative estimate of drug-likeness (QED) is 0.372. The zero-order chi connectivity index (χ0) is 23.5. The highest BCUT2D eigenvalue weighted by atomic mass is 16.5. The van der Waals surface area contributed by atoms with E-state index in [4.69, 9.17) is 18.9 Å². The third kappa shape index (κ3) is 7.35. The molecule has 0 radical (unpaired) electrons. The Hall–Kier alpha value is -2.90. The van der Waals surface area contributed by atoms with Crippen LogP contribution in [0.15, 0.2) is 48.5 Å². The summed E-state index contributed by atoms with van der Waals surface area (Å²) in [4.78, 5) is 25.0. The molecule has 0 saturated heterocycles. The third-order valence-electron chi connectivity index (χ3n) is 5.26. The first-order chi connectivity index (χ1) is 15.4. The Bertz CT molecular complexity index is 866. The van der Waals surface area contributed by atoms with Gasteiger partial charge < -0.3 is 24.1 Å². The molecule has 0 heterocycles. The van der Waals surface area contributed by atoms with Crippen LogP contribution in [0.4, 0.5) is 0 Å². The number of aliphatic hydroxyl groups is 1. The number of carbonyl (C=O) groups is 2. The van der Waals surface area contributed by atoms with Crippen LogP contribution in [-0.4, -0.2) is 50.4 Å². The first-order valence-corrected chi connectivity index (χ1v) is 10.6. The highest BCUT2D eigenvalue weighted by Crippen LogP contribution is 2.28. The number of methoxy groups -OCH3 is 2. The van der Waals surface area contributed by atoms with E-state index in [9.17, 15) is 14.7 Å². The predicted octanol–water partition coefficient (Wildman–Crippen LogP) is 3.67. The van der Waals surface area contributed by atoms with Gasteiger partial charge in [-0.2, -0.15) is 0 Å². The molecule has 0 unspecified atom stereocenters. The first kappa shape index (κ1) is 25.4. The largest absolute Gasteiger partial charge is 0.493 e. The van der Waals surface area contributed by atoms with E-state index in [1.807, 2.05) is 30.3 Å². The average Bonchev–Trinajstić information content (AvgIpc) is 2.83. The summed E-state index contributed by atoms with van der Waals surface area (Å²) in [6.07, 6.45) is -0.486. The standard InChI is InChI=1S/C25H32O7/c1-17(15-32-25(28)20-10-11-22(29-3)23(14-20)30-4)24(27)18(2)21(26)12-13-31-16-19-8-6-5-7-9-19/h5-11,14,17-18,21,26H,12-13,15-16H2,1-4H3/t17-,18-,21-/m1/s1. The highest BCUT2D eigenvalue weighted by molar-refractivity contribution is 5.90. The van der Waals surface area contributed by atoms with Gasteiger partial charge in [-0.1, -0.05) is 44.2 Å². The summed E-state index contributed by atoms with van der Waals surface area (Å²) in [5.74, 6) is -0.951. The number of benzene rings is 2. The van der Waals surface area contributed by atoms with Crippen LogP contribution in [0.25, 0.3) is 0 Å². The predicted molar refractivity (Wildman–Crippen MR) is 120 cm³/mol. The van der Waals surface area contributed by atoms with Crippen molar-refractivity contribution in [1.82, 2.24) is 0 Å². The summed E-state index contributed by atoms with van der Waals surface area (Å²) in [5, 5.41) is 10.4. The van der Waals surface area contributed by atoms with Gasteiger partial charge in [0.05, 0.1) is 32.5 Å². The van der Waals surface area contributed by atoms with E-state index in [-0.39, 0.29) is 12.4 Å². The maximum Gasteiger partial charge on any atom is 0.338 e. The van der Waals surface area contributed by atoms with Crippen molar-refractivity contribution in [3.05, 3.63) is 59.7 Å². The summed E-state index contributed by atoms with van der Waals surface area (Å²) in [6.45, 7) is 4.08. The number of hydrogen-bond acceptors (Lipinski definition) is 7. The van der Waals surface area contributed by atoms with Crippen LogP contribution < -0.4 is 9.47 Å². The SMILES string of the molecule is COc1ccc(C(=O)OC[C@@H](C)C(=O)[C@H](C)[C@H](O)CCOCc2ccccc2)cc1OC. The van der Waals surface area contributed by atoms with Crippen LogP contribution in [0.5, 0.6) is 11.5 Å². The summed E-state index contributed by atoms with van der Waals surface area (Å²) in [6, 6.07) is 14.4. The van der Waals surface area contributed by atoms with E-state index >= 15 is 0 Å². The second-order valence-corrected chi connectivity index (χ2v) is 7.65. The smallest absolute Gasteiger partial charge is 0.338 e. The van der Waals surface area contributed by atoms with Crippen molar-refractivity contribution in [1.29, 1.82) is 0 Å². The molecule has 0 aliphatic carbocycles. The van der Waals surface area contributed by atoms with Crippen LogP contribution in [0.1, 0.15) is 36.2 Å². The zero-order valence-corrected chi connectivity index (χ0v) is 19.1. The second-order valence-electron chi connectivity index (χ2n) is 7.65. The van der Waals surface area contributed by atoms with Crippen molar-refractivity contribution in [2.45, 2.75) is 33.0 Å². The van der Waals surface area contributed by atoms with E-state index in [0.717, 1.165) is 5.56 Å². The van der Waals surface area contributed by atoms with Crippen LogP contribution in [0.2, 0.25) is 0 Å². The van der Waals surface area contributed by atoms with Gasteiger partial charge in [-0.15, -0.1) is 0 Å². The summed E-state index contributed by atoms with van der Waals surface area (Å²) in [5.41, 5.74) is 1.35. The van der Waals surface area contributed by atoms with Gasteiger partial charge in [-0.3, -0.25) is 4.79 Å². The fourth-order valence-electron chi connectivity index (χ4n) is 3.19. The lowest BCUT2D eigenvalue weighted by Crippen LogP contribution is -2.32. The highest BCUT2D eigenvalue weighted by Gasteiger charge is 2.27. The molecule has 0 bridgehead atoms. The minimum absolute atomic E-state index is 0.0758. The molecule has 0 aliphatic heterocycles. The molecule has 0 amide bonds. The Morgan fingerprint density at radius 3 is 2.31 bits per heavy atom. The van der Waals surface area contributed by atoms with Gasteiger partial charge in [0.25, 0.3) is 0 Å². The lowest BCUT2D eigenvalue weighted by molar-refractivity contribution is -0.130. The minimum Gasteiger partial charge on any atom is -0.493 e. The molecule has 174 valence electrons. The molecule has 0 saturated carbocycles. The Kier molecular flexibility index (Phi) is 10.2. The molecule has 0 aliphatic rings. The van der Waals surface area contributed by atoms with E-state index in [2.05, 4.69) is 0 Å². The molecule has 1 N–H and O–H groups in total. The van der Waals surface area contributed by atoms with Crippen molar-refractivity contribution < 1.29 is 33.6 Å². The van der Waals surface area contributed by atoms with Crippen molar-refractivity contribution in [2.75, 3.05) is 27.4 Å². The van der Waals surface area contributed by atoms with Gasteiger partial charge in [0, 0.05) is 18.4 Å². The lowest BCUT2D eigenvalue weighted by Gasteiger charge is -2.21. The van der Waals surface area contributed by atoms with Crippen molar-refractivity contribution in [3.63, 3.8) is 0 Å². The maximum absolute atomic E-state index is 12.6. The topological polar surface area (TPSA) is 91.3 Å². The zero-order valence-electron chi connectivity index (χ0n) is 19.1. The molecule has 32 heavy (non-hydrogen) atoms. The van der Waals surface area contributed by atoms with Crippen molar-refractivity contribution >= 4 is 11.8 Å². The molecule has 0 fully saturated rings. The average molecular weight is 445 g/mol. The van der Waals surface area contributed by atoms with Gasteiger partial charge in [0.1, 0.15) is 12.4 Å². The number of Topliss-reactive ketones (excluding diaryl/α,β-unsaturated/α-hetero) is 1. The fraction of sp³-hybridized carbons (Fsp3) is 0.440. The molecule has 7 heteroatoms. The Balaban J connectivity index is 1.77. The van der Waals surface area contributed by atoms with E-state index in [1.54, 1.807) is 26.0 Å². The minimum atomic E-state index is -0.831. The van der Waals surface area contributed by atoms with Crippen LogP contribution >= 0.6 is 0 Å². The molecule has 0 spiro atoms. The number of esters is 1. The van der Waals surface area contributed by atoms with Crippen molar-refractivity contribution in [3.8, 4) is 11.5 Å². The first-order valence-electron chi connectivity index (χ1n) is 10.6. The monoisotopic (exact) mass is 444 g/mol. The fourth-order valence-corrected chi connectivity index (χ4v) is 3.19. The van der Waals surface area contributed by atoms with Gasteiger partial charge in [-0.05, 0) is 30.2 Å². The summed E-state index contributed by atoms with van der Waals surface area (Å²) < 4.78 is 21.2. The molecule has 3 atom stereocenters. The third-order valence-corrected chi connectivity index (χ3v) is 5.26. The number of ketones is 1. The molecule has 2 aromatic carbocycles. The maximum atomic E-state index is 12.6. The molecular weight excluding hydrogens is 412 g/mol. The van der Waals surface area contributed by atoms with Crippen LogP contribution in [-0.2, 0) is 20.9 Å². The molecule has 2 rings (SSSR count). The normalized spacial score (nSPS) is 13.7. The Morgan fingerprint density at radius 1 is 0.969 bits per heavy atom. The van der Waals surface area contributed by atoms with E-state index in [0.29, 0.717) is 36.7 Å². The van der Waals surface area contributed by atoms with Gasteiger partial charge in [0.15, 0.2) is 11.5 Å². The van der Waals surface area contributed by atoms with E-state index in [1.165, 1.54) is 20.3 Å². The lowest BCUT2D eigenvalue weighted by atomic mass is 9.90. The number of hydrogen-bond donors (Lipinski definition) is 1. The van der Waals surface area contributed by atoms with Gasteiger partial charge in [0.2, 0.25) is 0 Å². The molecule has 7 nitrogen and oxygen atoms in total. The molecule has 2 aromatic rings. The molecular formula is C25H32O7. The second kappa shape index (κ2) is 12.8. The number of carbonyl (C=O) groups excluding carboxylic acids is 2. The molecule has 0 aromatic heterocycles. The van der Waals surface area contributed by atoms with E-state index < -0.39 is 23.9 Å². The summed E-state index contributed by atoms with van der Waals surface area (Å²) in [7, 11) is 2.99.